The van der Waals surface area contributed by atoms with Gasteiger partial charge in [0.15, 0.2) is 0 Å². The Morgan fingerprint density at radius 1 is 1.62 bits per heavy atom. The van der Waals surface area contributed by atoms with Gasteiger partial charge in [0, 0.05) is 7.11 Å². The van der Waals surface area contributed by atoms with Crippen LogP contribution in [-0.4, -0.2) is 43.1 Å². The summed E-state index contributed by atoms with van der Waals surface area (Å²) in [7, 11) is 1.56. The van der Waals surface area contributed by atoms with Crippen molar-refractivity contribution in [1.82, 2.24) is 10.2 Å². The van der Waals surface area contributed by atoms with Crippen LogP contribution >= 0.6 is 0 Å². The topological polar surface area (TPSA) is 58.6 Å². The molecule has 0 aliphatic carbocycles. The Balaban J connectivity index is 2.65. The maximum absolute atomic E-state index is 11.2. The Morgan fingerprint density at radius 3 is 2.69 bits per heavy atom. The van der Waals surface area contributed by atoms with Gasteiger partial charge in [-0.3, -0.25) is 9.69 Å². The maximum Gasteiger partial charge on any atom is 0.324 e. The zero-order valence-electron chi connectivity index (χ0n) is 7.87. The summed E-state index contributed by atoms with van der Waals surface area (Å²) in [6, 6.07) is -0.450. The summed E-state index contributed by atoms with van der Waals surface area (Å²) in [6.07, 6.45) is 0.715. The average Bonchev–Trinajstić information content (AvgIpc) is 2.43. The Bertz CT molecular complexity index is 201. The summed E-state index contributed by atoms with van der Waals surface area (Å²) >= 11 is 0. The molecule has 1 rings (SSSR count). The number of rotatable bonds is 4. The molecule has 1 saturated heterocycles. The highest BCUT2D eigenvalue weighted by Crippen LogP contribution is 2.09. The molecule has 5 heteroatoms. The van der Waals surface area contributed by atoms with Gasteiger partial charge in [0.25, 0.3) is 0 Å². The second-order valence-electron chi connectivity index (χ2n) is 2.94. The third-order valence-corrected chi connectivity index (χ3v) is 2.07. The van der Waals surface area contributed by atoms with Crippen molar-refractivity contribution < 1.29 is 14.3 Å². The second kappa shape index (κ2) is 4.23. The summed E-state index contributed by atoms with van der Waals surface area (Å²) in [5.74, 6) is -0.172. The highest BCUT2D eigenvalue weighted by Gasteiger charge is 2.33. The normalized spacial score (nSPS) is 19.1. The molecule has 0 aromatic rings. The molecule has 1 atom stereocenters. The molecule has 1 heterocycles. The van der Waals surface area contributed by atoms with E-state index in [1.54, 1.807) is 7.11 Å². The summed E-state index contributed by atoms with van der Waals surface area (Å²) in [5.41, 5.74) is 0. The number of methoxy groups -OCH3 is 1. The van der Waals surface area contributed by atoms with E-state index < -0.39 is 0 Å². The number of urea groups is 1. The van der Waals surface area contributed by atoms with E-state index in [1.807, 2.05) is 6.92 Å². The zero-order chi connectivity index (χ0) is 9.84. The van der Waals surface area contributed by atoms with Crippen LogP contribution in [0.3, 0.4) is 0 Å². The van der Waals surface area contributed by atoms with E-state index in [0.29, 0.717) is 13.0 Å². The van der Waals surface area contributed by atoms with Crippen LogP contribution in [0.5, 0.6) is 0 Å². The number of carbonyl (C=O) groups is 2. The van der Waals surface area contributed by atoms with E-state index in [2.05, 4.69) is 5.32 Å². The van der Waals surface area contributed by atoms with E-state index in [0.717, 1.165) is 0 Å². The van der Waals surface area contributed by atoms with Crippen LogP contribution in [0, 0.1) is 0 Å². The van der Waals surface area contributed by atoms with Gasteiger partial charge in [-0.15, -0.1) is 0 Å². The summed E-state index contributed by atoms with van der Waals surface area (Å²) in [5, 5.41) is 2.47. The molecular formula is C8H14N2O3. The van der Waals surface area contributed by atoms with Crippen molar-refractivity contribution in [2.45, 2.75) is 19.4 Å². The van der Waals surface area contributed by atoms with E-state index in [1.165, 1.54) is 4.90 Å². The molecule has 1 N–H and O–H groups in total. The predicted molar refractivity (Wildman–Crippen MR) is 46.2 cm³/mol. The van der Waals surface area contributed by atoms with Crippen LogP contribution in [0.25, 0.3) is 0 Å². The molecule has 13 heavy (non-hydrogen) atoms. The Morgan fingerprint density at radius 2 is 2.31 bits per heavy atom. The van der Waals surface area contributed by atoms with Crippen LogP contribution < -0.4 is 5.32 Å². The van der Waals surface area contributed by atoms with Gasteiger partial charge >= 0.3 is 6.03 Å². The van der Waals surface area contributed by atoms with Crippen molar-refractivity contribution in [3.05, 3.63) is 0 Å². The SMILES string of the molecule is CCC(COC)N1C(=O)CNC1=O. The van der Waals surface area contributed by atoms with Crippen LogP contribution in [0.1, 0.15) is 13.3 Å². The molecule has 1 aliphatic heterocycles. The molecule has 0 spiro atoms. The van der Waals surface area contributed by atoms with Crippen LogP contribution in [0.2, 0.25) is 0 Å². The molecular weight excluding hydrogens is 172 g/mol. The van der Waals surface area contributed by atoms with Crippen molar-refractivity contribution in [1.29, 1.82) is 0 Å². The van der Waals surface area contributed by atoms with Gasteiger partial charge in [-0.05, 0) is 6.42 Å². The quantitative estimate of drug-likeness (QED) is 0.627. The van der Waals surface area contributed by atoms with Gasteiger partial charge in [0.05, 0.1) is 19.2 Å². The fourth-order valence-corrected chi connectivity index (χ4v) is 1.37. The molecule has 1 aliphatic rings. The Kier molecular flexibility index (Phi) is 3.25. The van der Waals surface area contributed by atoms with Gasteiger partial charge in [0.1, 0.15) is 0 Å². The van der Waals surface area contributed by atoms with E-state index >= 15 is 0 Å². The lowest BCUT2D eigenvalue weighted by Gasteiger charge is -2.22. The molecule has 0 saturated carbocycles. The molecule has 0 bridgehead atoms. The third-order valence-electron chi connectivity index (χ3n) is 2.07. The second-order valence-corrected chi connectivity index (χ2v) is 2.94. The standard InChI is InChI=1S/C8H14N2O3/c1-3-6(5-13-2)10-7(11)4-9-8(10)12/h6H,3-5H2,1-2H3,(H,9,12). The summed E-state index contributed by atoms with van der Waals surface area (Å²) in [4.78, 5) is 23.7. The maximum atomic E-state index is 11.2. The van der Waals surface area contributed by atoms with Crippen molar-refractivity contribution in [2.75, 3.05) is 20.3 Å². The first-order valence-corrected chi connectivity index (χ1v) is 4.29. The lowest BCUT2D eigenvalue weighted by Crippen LogP contribution is -2.42. The van der Waals surface area contributed by atoms with Gasteiger partial charge < -0.3 is 10.1 Å². The van der Waals surface area contributed by atoms with Gasteiger partial charge in [-0.1, -0.05) is 6.92 Å². The summed E-state index contributed by atoms with van der Waals surface area (Å²) in [6.45, 7) is 2.43. The molecule has 1 fully saturated rings. The molecule has 1 unspecified atom stereocenters. The fraction of sp³-hybridized carbons (Fsp3) is 0.750. The van der Waals surface area contributed by atoms with E-state index in [9.17, 15) is 9.59 Å². The number of nitrogens with zero attached hydrogens (tertiary/aromatic N) is 1. The van der Waals surface area contributed by atoms with Crippen molar-refractivity contribution >= 4 is 11.9 Å². The predicted octanol–water partition coefficient (Wildman–Crippen LogP) is -0.0368. The molecule has 0 aromatic carbocycles. The van der Waals surface area contributed by atoms with Crippen LogP contribution in [0.15, 0.2) is 0 Å². The molecule has 3 amide bonds. The largest absolute Gasteiger partial charge is 0.383 e. The minimum atomic E-state index is -0.311. The summed E-state index contributed by atoms with van der Waals surface area (Å²) < 4.78 is 4.93. The average molecular weight is 186 g/mol. The Labute approximate surface area is 77.0 Å². The lowest BCUT2D eigenvalue weighted by molar-refractivity contribution is -0.127. The van der Waals surface area contributed by atoms with E-state index in [4.69, 9.17) is 4.74 Å². The number of hydrogen-bond acceptors (Lipinski definition) is 3. The van der Waals surface area contributed by atoms with Crippen molar-refractivity contribution in [2.24, 2.45) is 0 Å². The van der Waals surface area contributed by atoms with Crippen LogP contribution in [0.4, 0.5) is 4.79 Å². The lowest BCUT2D eigenvalue weighted by atomic mass is 10.2. The first-order chi connectivity index (χ1) is 6.20. The minimum absolute atomic E-state index is 0.110. The molecule has 0 radical (unpaired) electrons. The molecule has 0 aromatic heterocycles. The Hall–Kier alpha value is -1.10. The monoisotopic (exact) mass is 186 g/mol. The minimum Gasteiger partial charge on any atom is -0.383 e. The number of amides is 3. The number of hydrogen-bond donors (Lipinski definition) is 1. The van der Waals surface area contributed by atoms with Crippen LogP contribution in [-0.2, 0) is 9.53 Å². The van der Waals surface area contributed by atoms with Gasteiger partial charge in [-0.2, -0.15) is 0 Å². The van der Waals surface area contributed by atoms with Gasteiger partial charge in [-0.25, -0.2) is 4.79 Å². The van der Waals surface area contributed by atoms with Crippen molar-refractivity contribution in [3.63, 3.8) is 0 Å². The molecule has 74 valence electrons. The molecule has 5 nitrogen and oxygen atoms in total. The zero-order valence-corrected chi connectivity index (χ0v) is 7.87. The smallest absolute Gasteiger partial charge is 0.324 e. The highest BCUT2D eigenvalue weighted by molar-refractivity contribution is 6.02. The van der Waals surface area contributed by atoms with Crippen molar-refractivity contribution in [3.8, 4) is 0 Å². The number of ether oxygens (including phenoxy) is 1. The highest BCUT2D eigenvalue weighted by atomic mass is 16.5. The number of imide groups is 1. The fourth-order valence-electron chi connectivity index (χ4n) is 1.37. The van der Waals surface area contributed by atoms with Gasteiger partial charge in [0.2, 0.25) is 5.91 Å². The number of nitrogens with one attached hydrogen (secondary N) is 1. The first kappa shape index (κ1) is 9.98. The van der Waals surface area contributed by atoms with E-state index in [-0.39, 0.29) is 24.5 Å². The number of carbonyl (C=O) groups excluding carboxylic acids is 2. The first-order valence-electron chi connectivity index (χ1n) is 4.29. The third kappa shape index (κ3) is 1.98.